The van der Waals surface area contributed by atoms with E-state index in [-0.39, 0.29) is 0 Å². The van der Waals surface area contributed by atoms with Crippen LogP contribution in [0.3, 0.4) is 0 Å². The molecule has 2 heterocycles. The van der Waals surface area contributed by atoms with Crippen molar-refractivity contribution < 1.29 is 4.74 Å². The second kappa shape index (κ2) is 7.37. The molecule has 0 amide bonds. The van der Waals surface area contributed by atoms with Gasteiger partial charge in [-0.3, -0.25) is 0 Å². The topological polar surface area (TPSA) is 50.6 Å². The number of amidine groups is 1. The van der Waals surface area contributed by atoms with Crippen LogP contribution in [0.1, 0.15) is 11.1 Å². The number of hydrogen-bond donors (Lipinski definition) is 0. The molecule has 27 heavy (non-hydrogen) atoms. The van der Waals surface area contributed by atoms with E-state index in [4.69, 9.17) is 21.3 Å². The zero-order valence-electron chi connectivity index (χ0n) is 15.2. The van der Waals surface area contributed by atoms with E-state index in [0.717, 1.165) is 34.0 Å². The normalized spacial score (nSPS) is 13.2. The molecule has 3 aromatic rings. The van der Waals surface area contributed by atoms with Gasteiger partial charge >= 0.3 is 0 Å². The number of fused-ring (bicyclic) bond motifs is 3. The smallest absolute Gasteiger partial charge is 0.161 e. The Bertz CT molecular complexity index is 999. The Hall–Kier alpha value is -2.92. The largest absolute Gasteiger partial charge is 0.493 e. The minimum atomic E-state index is 0.568. The Balaban J connectivity index is 1.85. The molecule has 0 atom stereocenters. The molecule has 0 unspecified atom stereocenters. The minimum Gasteiger partial charge on any atom is -0.493 e. The highest BCUT2D eigenvalue weighted by molar-refractivity contribution is 6.30. The zero-order valence-corrected chi connectivity index (χ0v) is 15.9. The number of nitrogens with zero attached hydrogens (tertiary/aromatic N) is 4. The third kappa shape index (κ3) is 3.51. The van der Waals surface area contributed by atoms with Gasteiger partial charge in [0.2, 0.25) is 0 Å². The number of aromatic nitrogens is 2. The number of para-hydroxylation sites is 1. The predicted octanol–water partition coefficient (Wildman–Crippen LogP) is 4.37. The fraction of sp³-hybridized carbons (Fsp3) is 0.190. The molecule has 1 aliphatic rings. The van der Waals surface area contributed by atoms with Crippen molar-refractivity contribution >= 4 is 23.3 Å². The molecule has 2 aromatic carbocycles. The Morgan fingerprint density at radius 3 is 2.63 bits per heavy atom. The monoisotopic (exact) mass is 378 g/mol. The molecule has 6 heteroatoms. The number of aliphatic imine (C=N–C) groups is 1. The van der Waals surface area contributed by atoms with Crippen molar-refractivity contribution in [3.8, 4) is 17.0 Å². The molecule has 0 fully saturated rings. The highest BCUT2D eigenvalue weighted by atomic mass is 35.5. The number of ether oxygens (including phenoxy) is 1. The van der Waals surface area contributed by atoms with Crippen LogP contribution in [-0.2, 0) is 6.42 Å². The standard InChI is InChI=1S/C21H19ClN4O/c1-26(2)21(14-7-9-15(22)10-8-14)25-20-17-11-12-27-18-6-4-3-5-16(18)19(17)23-13-24-20/h3-10,13H,11-12H2,1-2H3. The van der Waals surface area contributed by atoms with Crippen LogP contribution < -0.4 is 4.74 Å². The lowest BCUT2D eigenvalue weighted by molar-refractivity contribution is 0.326. The van der Waals surface area contributed by atoms with Gasteiger partial charge in [0, 0.05) is 42.2 Å². The first-order valence-corrected chi connectivity index (χ1v) is 9.09. The molecule has 0 radical (unpaired) electrons. The SMILES string of the molecule is CN(C)C(=Nc1ncnc2c1CCOc1ccccc1-2)c1ccc(Cl)cc1. The first-order chi connectivity index (χ1) is 13.1. The van der Waals surface area contributed by atoms with Crippen molar-refractivity contribution in [2.75, 3.05) is 20.7 Å². The fourth-order valence-corrected chi connectivity index (χ4v) is 3.26. The summed E-state index contributed by atoms with van der Waals surface area (Å²) in [6.07, 6.45) is 2.26. The van der Waals surface area contributed by atoms with Crippen LogP contribution in [-0.4, -0.2) is 41.4 Å². The number of rotatable bonds is 2. The van der Waals surface area contributed by atoms with E-state index in [0.29, 0.717) is 23.9 Å². The average Bonchev–Trinajstić information content (AvgIpc) is 2.87. The van der Waals surface area contributed by atoms with Crippen molar-refractivity contribution in [2.45, 2.75) is 6.42 Å². The van der Waals surface area contributed by atoms with E-state index >= 15 is 0 Å². The molecule has 1 aliphatic heterocycles. The van der Waals surface area contributed by atoms with Crippen LogP contribution in [0.15, 0.2) is 59.9 Å². The molecule has 0 bridgehead atoms. The maximum Gasteiger partial charge on any atom is 0.161 e. The lowest BCUT2D eigenvalue weighted by Crippen LogP contribution is -2.23. The summed E-state index contributed by atoms with van der Waals surface area (Å²) in [5.74, 6) is 2.32. The van der Waals surface area contributed by atoms with E-state index in [1.807, 2.05) is 67.5 Å². The summed E-state index contributed by atoms with van der Waals surface area (Å²) in [5.41, 5.74) is 3.82. The molecular formula is C21H19ClN4O. The summed E-state index contributed by atoms with van der Waals surface area (Å²) in [5, 5.41) is 0.696. The molecule has 0 spiro atoms. The van der Waals surface area contributed by atoms with Crippen molar-refractivity contribution in [1.82, 2.24) is 14.9 Å². The second-order valence-corrected chi connectivity index (χ2v) is 6.89. The third-order valence-corrected chi connectivity index (χ3v) is 4.66. The molecule has 0 aliphatic carbocycles. The van der Waals surface area contributed by atoms with Crippen LogP contribution in [0.4, 0.5) is 5.82 Å². The molecule has 1 aromatic heterocycles. The highest BCUT2D eigenvalue weighted by Crippen LogP contribution is 2.36. The zero-order chi connectivity index (χ0) is 18.8. The summed E-state index contributed by atoms with van der Waals surface area (Å²) in [4.78, 5) is 15.8. The molecule has 0 saturated heterocycles. The van der Waals surface area contributed by atoms with E-state index in [1.54, 1.807) is 6.33 Å². The predicted molar refractivity (Wildman–Crippen MR) is 108 cm³/mol. The van der Waals surface area contributed by atoms with Gasteiger partial charge in [-0.2, -0.15) is 0 Å². The van der Waals surface area contributed by atoms with Gasteiger partial charge in [0.25, 0.3) is 0 Å². The first kappa shape index (κ1) is 17.5. The molecule has 4 rings (SSSR count). The Kier molecular flexibility index (Phi) is 4.77. The minimum absolute atomic E-state index is 0.568. The fourth-order valence-electron chi connectivity index (χ4n) is 3.13. The lowest BCUT2D eigenvalue weighted by Gasteiger charge is -2.17. The Labute approximate surface area is 163 Å². The highest BCUT2D eigenvalue weighted by Gasteiger charge is 2.20. The molecule has 0 saturated carbocycles. The van der Waals surface area contributed by atoms with Gasteiger partial charge in [-0.25, -0.2) is 15.0 Å². The third-order valence-electron chi connectivity index (χ3n) is 4.41. The lowest BCUT2D eigenvalue weighted by atomic mass is 10.0. The number of hydrogen-bond acceptors (Lipinski definition) is 4. The van der Waals surface area contributed by atoms with Crippen LogP contribution >= 0.6 is 11.6 Å². The molecule has 0 N–H and O–H groups in total. The molecule has 5 nitrogen and oxygen atoms in total. The van der Waals surface area contributed by atoms with Crippen LogP contribution in [0, 0.1) is 0 Å². The van der Waals surface area contributed by atoms with E-state index in [9.17, 15) is 0 Å². The summed E-state index contributed by atoms with van der Waals surface area (Å²) < 4.78 is 5.89. The van der Waals surface area contributed by atoms with Crippen LogP contribution in [0.25, 0.3) is 11.3 Å². The number of halogens is 1. The van der Waals surface area contributed by atoms with Crippen molar-refractivity contribution in [2.24, 2.45) is 4.99 Å². The van der Waals surface area contributed by atoms with Crippen molar-refractivity contribution in [1.29, 1.82) is 0 Å². The summed E-state index contributed by atoms with van der Waals surface area (Å²) >= 11 is 6.03. The van der Waals surface area contributed by atoms with Gasteiger partial charge in [0.1, 0.15) is 17.9 Å². The van der Waals surface area contributed by atoms with Crippen molar-refractivity contribution in [3.05, 3.63) is 71.0 Å². The van der Waals surface area contributed by atoms with Gasteiger partial charge in [0.15, 0.2) is 5.82 Å². The van der Waals surface area contributed by atoms with Crippen LogP contribution in [0.2, 0.25) is 5.02 Å². The van der Waals surface area contributed by atoms with E-state index in [2.05, 4.69) is 9.97 Å². The maximum absolute atomic E-state index is 6.03. The summed E-state index contributed by atoms with van der Waals surface area (Å²) in [6.45, 7) is 0.568. The Morgan fingerprint density at radius 2 is 1.85 bits per heavy atom. The summed E-state index contributed by atoms with van der Waals surface area (Å²) in [7, 11) is 3.93. The average molecular weight is 379 g/mol. The Morgan fingerprint density at radius 1 is 1.07 bits per heavy atom. The van der Waals surface area contributed by atoms with Gasteiger partial charge in [-0.05, 0) is 36.4 Å². The van der Waals surface area contributed by atoms with Gasteiger partial charge in [-0.1, -0.05) is 23.7 Å². The molecular weight excluding hydrogens is 360 g/mol. The second-order valence-electron chi connectivity index (χ2n) is 6.46. The van der Waals surface area contributed by atoms with E-state index in [1.165, 1.54) is 0 Å². The first-order valence-electron chi connectivity index (χ1n) is 8.71. The van der Waals surface area contributed by atoms with Crippen LogP contribution in [0.5, 0.6) is 5.75 Å². The van der Waals surface area contributed by atoms with Gasteiger partial charge < -0.3 is 9.64 Å². The van der Waals surface area contributed by atoms with Gasteiger partial charge in [-0.15, -0.1) is 0 Å². The van der Waals surface area contributed by atoms with E-state index < -0.39 is 0 Å². The molecule has 136 valence electrons. The summed E-state index contributed by atoms with van der Waals surface area (Å²) in [6, 6.07) is 15.6. The quantitative estimate of drug-likeness (QED) is 0.490. The van der Waals surface area contributed by atoms with Crippen molar-refractivity contribution in [3.63, 3.8) is 0 Å². The maximum atomic E-state index is 6.03. The number of benzene rings is 2. The van der Waals surface area contributed by atoms with Gasteiger partial charge in [0.05, 0.1) is 12.3 Å².